The third-order valence-electron chi connectivity index (χ3n) is 4.93. The summed E-state index contributed by atoms with van der Waals surface area (Å²) < 4.78 is 5.97. The first-order chi connectivity index (χ1) is 12.7. The lowest BCUT2D eigenvalue weighted by molar-refractivity contribution is -0.131. The van der Waals surface area contributed by atoms with Crippen LogP contribution in [0.15, 0.2) is 60.7 Å². The van der Waals surface area contributed by atoms with Crippen LogP contribution in [0.5, 0.6) is 0 Å². The molecule has 0 radical (unpaired) electrons. The minimum atomic E-state index is -0.241. The number of likely N-dealkylation sites (tertiary alicyclic amines) is 1. The molecule has 0 aromatic heterocycles. The van der Waals surface area contributed by atoms with E-state index in [-0.39, 0.29) is 18.1 Å². The summed E-state index contributed by atoms with van der Waals surface area (Å²) in [6, 6.07) is 20.0. The lowest BCUT2D eigenvalue weighted by Crippen LogP contribution is -2.32. The number of amides is 1. The molecule has 0 saturated carbocycles. The van der Waals surface area contributed by atoms with Crippen molar-refractivity contribution in [1.82, 2.24) is 4.90 Å². The molecular weight excluding hydrogens is 324 g/mol. The predicted octanol–water partition coefficient (Wildman–Crippen LogP) is 3.33. The van der Waals surface area contributed by atoms with Crippen LogP contribution in [0.2, 0.25) is 0 Å². The van der Waals surface area contributed by atoms with Crippen molar-refractivity contribution in [3.63, 3.8) is 0 Å². The molecule has 1 amide bonds. The highest BCUT2D eigenvalue weighted by Gasteiger charge is 2.27. The fraction of sp³-hybridized carbons (Fsp3) is 0.409. The van der Waals surface area contributed by atoms with Gasteiger partial charge in [-0.25, -0.2) is 0 Å². The number of hydrogen-bond acceptors (Lipinski definition) is 3. The maximum absolute atomic E-state index is 12.5. The lowest BCUT2D eigenvalue weighted by atomic mass is 10.0. The summed E-state index contributed by atoms with van der Waals surface area (Å²) in [5, 5.41) is 0. The summed E-state index contributed by atoms with van der Waals surface area (Å²) in [5.41, 5.74) is 8.52. The van der Waals surface area contributed by atoms with Crippen LogP contribution in [0, 0.1) is 0 Å². The standard InChI is InChI=1S/C22H28N2O2/c23-21(19-11-5-2-6-12-19)16-22(25)24-14-13-20(17-24)26-15-7-10-18-8-3-1-4-9-18/h1-6,8-9,11-12,20-21H,7,10,13-17,23H2. The summed E-state index contributed by atoms with van der Waals surface area (Å²) in [4.78, 5) is 14.4. The molecule has 2 aromatic carbocycles. The highest BCUT2D eigenvalue weighted by atomic mass is 16.5. The average molecular weight is 352 g/mol. The Balaban J connectivity index is 1.36. The Hall–Kier alpha value is -2.17. The predicted molar refractivity (Wildman–Crippen MR) is 104 cm³/mol. The number of carbonyl (C=O) groups is 1. The maximum Gasteiger partial charge on any atom is 0.224 e. The second-order valence-electron chi connectivity index (χ2n) is 6.93. The van der Waals surface area contributed by atoms with Crippen molar-refractivity contribution < 1.29 is 9.53 Å². The van der Waals surface area contributed by atoms with E-state index in [4.69, 9.17) is 10.5 Å². The van der Waals surface area contributed by atoms with Gasteiger partial charge >= 0.3 is 0 Å². The molecule has 4 nitrogen and oxygen atoms in total. The van der Waals surface area contributed by atoms with Gasteiger partial charge in [0, 0.05) is 32.2 Å². The lowest BCUT2D eigenvalue weighted by Gasteiger charge is -2.19. The van der Waals surface area contributed by atoms with Crippen molar-refractivity contribution >= 4 is 5.91 Å². The van der Waals surface area contributed by atoms with Gasteiger partial charge in [-0.3, -0.25) is 4.79 Å². The Labute approximate surface area is 156 Å². The number of rotatable bonds is 8. The van der Waals surface area contributed by atoms with Crippen molar-refractivity contribution in [3.8, 4) is 0 Å². The third kappa shape index (κ3) is 5.41. The molecule has 1 aliphatic heterocycles. The molecule has 1 aliphatic rings. The van der Waals surface area contributed by atoms with E-state index in [1.807, 2.05) is 41.3 Å². The fourth-order valence-electron chi connectivity index (χ4n) is 3.40. The first-order valence-electron chi connectivity index (χ1n) is 9.46. The molecule has 1 fully saturated rings. The van der Waals surface area contributed by atoms with Gasteiger partial charge < -0.3 is 15.4 Å². The van der Waals surface area contributed by atoms with Crippen molar-refractivity contribution in [2.24, 2.45) is 5.73 Å². The van der Waals surface area contributed by atoms with Crippen LogP contribution in [0.3, 0.4) is 0 Å². The topological polar surface area (TPSA) is 55.6 Å². The Morgan fingerprint density at radius 3 is 2.54 bits per heavy atom. The van der Waals surface area contributed by atoms with E-state index in [0.717, 1.165) is 38.0 Å². The van der Waals surface area contributed by atoms with Crippen molar-refractivity contribution in [2.75, 3.05) is 19.7 Å². The van der Waals surface area contributed by atoms with E-state index in [1.165, 1.54) is 5.56 Å². The molecule has 26 heavy (non-hydrogen) atoms. The smallest absolute Gasteiger partial charge is 0.224 e. The largest absolute Gasteiger partial charge is 0.376 e. The monoisotopic (exact) mass is 352 g/mol. The third-order valence-corrected chi connectivity index (χ3v) is 4.93. The van der Waals surface area contributed by atoms with E-state index in [1.54, 1.807) is 0 Å². The van der Waals surface area contributed by atoms with Gasteiger partial charge in [-0.2, -0.15) is 0 Å². The second-order valence-corrected chi connectivity index (χ2v) is 6.93. The molecule has 2 N–H and O–H groups in total. The van der Waals surface area contributed by atoms with Crippen LogP contribution < -0.4 is 5.73 Å². The summed E-state index contributed by atoms with van der Waals surface area (Å²) in [6.07, 6.45) is 3.46. The number of nitrogens with zero attached hydrogens (tertiary/aromatic N) is 1. The van der Waals surface area contributed by atoms with Gasteiger partial charge in [0.1, 0.15) is 0 Å². The minimum Gasteiger partial charge on any atom is -0.376 e. The molecule has 4 heteroatoms. The highest BCUT2D eigenvalue weighted by Crippen LogP contribution is 2.19. The summed E-state index contributed by atoms with van der Waals surface area (Å²) >= 11 is 0. The van der Waals surface area contributed by atoms with Gasteiger partial charge in [0.2, 0.25) is 5.91 Å². The van der Waals surface area contributed by atoms with Crippen LogP contribution in [-0.2, 0) is 16.0 Å². The zero-order valence-electron chi connectivity index (χ0n) is 15.2. The van der Waals surface area contributed by atoms with E-state index in [0.29, 0.717) is 13.0 Å². The number of hydrogen-bond donors (Lipinski definition) is 1. The molecule has 2 unspecified atom stereocenters. The first-order valence-corrected chi connectivity index (χ1v) is 9.46. The molecule has 1 saturated heterocycles. The Kier molecular flexibility index (Phi) is 6.81. The van der Waals surface area contributed by atoms with Gasteiger partial charge in [0.25, 0.3) is 0 Å². The Morgan fingerprint density at radius 2 is 1.81 bits per heavy atom. The van der Waals surface area contributed by atoms with Crippen LogP contribution in [-0.4, -0.2) is 36.6 Å². The zero-order valence-corrected chi connectivity index (χ0v) is 15.2. The maximum atomic E-state index is 12.5. The van der Waals surface area contributed by atoms with Crippen LogP contribution in [0.4, 0.5) is 0 Å². The molecule has 2 aromatic rings. The number of aryl methyl sites for hydroxylation is 1. The van der Waals surface area contributed by atoms with Gasteiger partial charge in [-0.15, -0.1) is 0 Å². The van der Waals surface area contributed by atoms with E-state index >= 15 is 0 Å². The van der Waals surface area contributed by atoms with Gasteiger partial charge in [0.15, 0.2) is 0 Å². The number of carbonyl (C=O) groups excluding carboxylic acids is 1. The van der Waals surface area contributed by atoms with Gasteiger partial charge in [0.05, 0.1) is 6.10 Å². The molecule has 138 valence electrons. The molecule has 1 heterocycles. The summed E-state index contributed by atoms with van der Waals surface area (Å²) in [6.45, 7) is 2.19. The molecular formula is C22H28N2O2. The van der Waals surface area contributed by atoms with E-state index in [9.17, 15) is 4.79 Å². The highest BCUT2D eigenvalue weighted by molar-refractivity contribution is 5.77. The van der Waals surface area contributed by atoms with Gasteiger partial charge in [-0.05, 0) is 30.4 Å². The van der Waals surface area contributed by atoms with Crippen molar-refractivity contribution in [2.45, 2.75) is 37.8 Å². The molecule has 3 rings (SSSR count). The normalized spacial score (nSPS) is 18.0. The summed E-state index contributed by atoms with van der Waals surface area (Å²) in [7, 11) is 0. The van der Waals surface area contributed by atoms with E-state index < -0.39 is 0 Å². The van der Waals surface area contributed by atoms with Crippen LogP contribution >= 0.6 is 0 Å². The SMILES string of the molecule is NC(CC(=O)N1CCC(OCCCc2ccccc2)C1)c1ccccc1. The average Bonchev–Trinajstić information content (AvgIpc) is 3.16. The van der Waals surface area contributed by atoms with E-state index in [2.05, 4.69) is 24.3 Å². The minimum absolute atomic E-state index is 0.122. The fourth-order valence-corrected chi connectivity index (χ4v) is 3.40. The molecule has 2 atom stereocenters. The Morgan fingerprint density at radius 1 is 1.12 bits per heavy atom. The molecule has 0 aliphatic carbocycles. The first kappa shape index (κ1) is 18.6. The summed E-state index contributed by atoms with van der Waals surface area (Å²) in [5.74, 6) is 0.122. The molecule has 0 spiro atoms. The molecule has 0 bridgehead atoms. The quantitative estimate of drug-likeness (QED) is 0.742. The second kappa shape index (κ2) is 9.51. The van der Waals surface area contributed by atoms with Crippen molar-refractivity contribution in [1.29, 1.82) is 0 Å². The van der Waals surface area contributed by atoms with Crippen molar-refractivity contribution in [3.05, 3.63) is 71.8 Å². The number of nitrogens with two attached hydrogens (primary N) is 1. The van der Waals surface area contributed by atoms with Crippen LogP contribution in [0.1, 0.15) is 36.4 Å². The van der Waals surface area contributed by atoms with Crippen LogP contribution in [0.25, 0.3) is 0 Å². The van der Waals surface area contributed by atoms with Gasteiger partial charge in [-0.1, -0.05) is 60.7 Å². The Bertz CT molecular complexity index is 675. The zero-order chi connectivity index (χ0) is 18.2. The number of benzene rings is 2. The number of ether oxygens (including phenoxy) is 1.